The molecular weight excluding hydrogens is 158 g/mol. The molecule has 13 heavy (non-hydrogen) atoms. The molecule has 0 atom stereocenters. The fourth-order valence-corrected chi connectivity index (χ4v) is 1.83. The average molecular weight is 179 g/mol. The van der Waals surface area contributed by atoms with Gasteiger partial charge in [0, 0.05) is 6.61 Å². The largest absolute Gasteiger partial charge is 0.436 e. The van der Waals surface area contributed by atoms with Crippen LogP contribution in [-0.2, 0) is 4.65 Å². The van der Waals surface area contributed by atoms with Crippen LogP contribution in [0.25, 0.3) is 0 Å². The minimum Gasteiger partial charge on any atom is -0.436 e. The number of hydrogen-bond acceptors (Lipinski definition) is 1. The Morgan fingerprint density at radius 2 is 1.92 bits per heavy atom. The Kier molecular flexibility index (Phi) is 6.43. The molecule has 0 amide bonds. The van der Waals surface area contributed by atoms with Crippen LogP contribution in [-0.4, -0.2) is 20.8 Å². The van der Waals surface area contributed by atoms with Crippen LogP contribution < -0.4 is 0 Å². The van der Waals surface area contributed by atoms with Gasteiger partial charge in [-0.3, -0.25) is 0 Å². The summed E-state index contributed by atoms with van der Waals surface area (Å²) in [5.41, 5.74) is 0. The highest BCUT2D eigenvalue weighted by atomic mass is 16.4. The van der Waals surface area contributed by atoms with Crippen molar-refractivity contribution in [3.05, 3.63) is 0 Å². The summed E-state index contributed by atoms with van der Waals surface area (Å²) in [5.74, 6) is 0. The molecule has 0 aromatic heterocycles. The molecule has 1 aliphatic rings. The van der Waals surface area contributed by atoms with E-state index in [1.54, 1.807) is 0 Å². The van der Waals surface area contributed by atoms with Gasteiger partial charge >= 0.3 is 0 Å². The summed E-state index contributed by atoms with van der Waals surface area (Å²) < 4.78 is 5.85. The van der Waals surface area contributed by atoms with Gasteiger partial charge in [0.25, 0.3) is 6.92 Å². The van der Waals surface area contributed by atoms with Crippen molar-refractivity contribution in [2.24, 2.45) is 0 Å². The summed E-state index contributed by atoms with van der Waals surface area (Å²) in [6, 6.07) is 0. The van der Waals surface area contributed by atoms with Gasteiger partial charge < -0.3 is 4.65 Å². The van der Waals surface area contributed by atoms with Crippen molar-refractivity contribution in [2.75, 3.05) is 6.61 Å². The van der Waals surface area contributed by atoms with E-state index in [0.717, 1.165) is 6.61 Å². The van der Waals surface area contributed by atoms with Crippen molar-refractivity contribution in [2.45, 2.75) is 57.9 Å². The van der Waals surface area contributed by atoms with Crippen LogP contribution in [0.1, 0.15) is 32.6 Å². The van der Waals surface area contributed by atoms with Crippen LogP contribution in [0.5, 0.6) is 0 Å². The first-order chi connectivity index (χ1) is 6.43. The molecule has 0 aromatic carbocycles. The molecule has 3 heteroatoms. The molecule has 0 N–H and O–H groups in total. The fourth-order valence-electron chi connectivity index (χ4n) is 1.83. The molecule has 0 aromatic rings. The molecule has 73 valence electrons. The lowest BCUT2D eigenvalue weighted by Crippen LogP contribution is -2.20. The quantitative estimate of drug-likeness (QED) is 0.475. The van der Waals surface area contributed by atoms with E-state index in [1.807, 2.05) is 0 Å². The topological polar surface area (TPSA) is 9.23 Å². The van der Waals surface area contributed by atoms with Gasteiger partial charge in [0.1, 0.15) is 7.28 Å². The van der Waals surface area contributed by atoms with Crippen LogP contribution in [0, 0.1) is 0 Å². The zero-order chi connectivity index (χ0) is 9.36. The molecule has 1 fully saturated rings. The fraction of sp³-hybridized carbons (Fsp3) is 1.00. The Bertz CT molecular complexity index is 111. The highest BCUT2D eigenvalue weighted by Gasteiger charge is 2.16. The van der Waals surface area contributed by atoms with Crippen molar-refractivity contribution in [1.82, 2.24) is 0 Å². The van der Waals surface area contributed by atoms with E-state index in [-0.39, 0.29) is 0 Å². The summed E-state index contributed by atoms with van der Waals surface area (Å²) in [4.78, 5) is 0. The molecule has 0 aliphatic carbocycles. The van der Waals surface area contributed by atoms with E-state index in [2.05, 4.69) is 14.2 Å². The molecule has 1 rings (SSSR count). The van der Waals surface area contributed by atoms with Gasteiger partial charge in [0.15, 0.2) is 0 Å². The lowest BCUT2D eigenvalue weighted by atomic mass is 9.52. The van der Waals surface area contributed by atoms with Gasteiger partial charge in [-0.15, -0.1) is 0 Å². The standard InChI is InChI=1S/C10H21B2O/c1-2-3-10-13-12-8-4-6-11-7-5-9-12/h2-10H2,1H3. The van der Waals surface area contributed by atoms with Crippen molar-refractivity contribution in [1.29, 1.82) is 0 Å². The van der Waals surface area contributed by atoms with E-state index in [0.29, 0.717) is 6.92 Å². The van der Waals surface area contributed by atoms with Gasteiger partial charge in [0.2, 0.25) is 0 Å². The van der Waals surface area contributed by atoms with E-state index < -0.39 is 0 Å². The van der Waals surface area contributed by atoms with Crippen molar-refractivity contribution >= 4 is 14.2 Å². The lowest BCUT2D eigenvalue weighted by Gasteiger charge is -2.16. The van der Waals surface area contributed by atoms with Gasteiger partial charge in [-0.05, 0) is 19.1 Å². The predicted molar refractivity (Wildman–Crippen MR) is 60.8 cm³/mol. The van der Waals surface area contributed by atoms with Crippen molar-refractivity contribution in [3.8, 4) is 0 Å². The Morgan fingerprint density at radius 1 is 1.23 bits per heavy atom. The zero-order valence-electron chi connectivity index (χ0n) is 8.93. The van der Waals surface area contributed by atoms with Crippen LogP contribution >= 0.6 is 0 Å². The average Bonchev–Trinajstić information content (AvgIpc) is 2.08. The number of rotatable bonds is 4. The maximum atomic E-state index is 5.85. The summed E-state index contributed by atoms with van der Waals surface area (Å²) in [6.07, 6.45) is 10.3. The summed E-state index contributed by atoms with van der Waals surface area (Å²) in [5, 5.41) is 0. The second-order valence-electron chi connectivity index (χ2n) is 4.00. The molecule has 0 spiro atoms. The maximum Gasteiger partial charge on any atom is 0.292 e. The first kappa shape index (κ1) is 11.2. The predicted octanol–water partition coefficient (Wildman–Crippen LogP) is 3.13. The number of unbranched alkanes of at least 4 members (excludes halogenated alkanes) is 1. The van der Waals surface area contributed by atoms with Gasteiger partial charge in [-0.2, -0.15) is 0 Å². The second-order valence-corrected chi connectivity index (χ2v) is 4.00. The summed E-state index contributed by atoms with van der Waals surface area (Å²) in [6.45, 7) is 3.77. The Hall–Kier alpha value is 0.0899. The number of hydrogen-bond donors (Lipinski definition) is 0. The molecule has 1 radical (unpaired) electrons. The van der Waals surface area contributed by atoms with Crippen LogP contribution in [0.2, 0.25) is 25.3 Å². The smallest absolute Gasteiger partial charge is 0.292 e. The normalized spacial score (nSPS) is 19.0. The molecule has 0 unspecified atom stereocenters. The van der Waals surface area contributed by atoms with E-state index in [1.165, 1.54) is 51.0 Å². The van der Waals surface area contributed by atoms with Gasteiger partial charge in [0.05, 0.1) is 0 Å². The minimum atomic E-state index is 0.570. The van der Waals surface area contributed by atoms with E-state index in [9.17, 15) is 0 Å². The first-order valence-electron chi connectivity index (χ1n) is 5.86. The minimum absolute atomic E-state index is 0.570. The van der Waals surface area contributed by atoms with Gasteiger partial charge in [-0.1, -0.05) is 38.8 Å². The van der Waals surface area contributed by atoms with Crippen LogP contribution in [0.4, 0.5) is 0 Å². The third-order valence-electron chi connectivity index (χ3n) is 2.72. The summed E-state index contributed by atoms with van der Waals surface area (Å²) >= 11 is 0. The molecule has 0 saturated carbocycles. The van der Waals surface area contributed by atoms with Crippen molar-refractivity contribution < 1.29 is 4.65 Å². The van der Waals surface area contributed by atoms with E-state index >= 15 is 0 Å². The molecule has 0 bridgehead atoms. The lowest BCUT2D eigenvalue weighted by molar-refractivity contribution is 0.308. The zero-order valence-corrected chi connectivity index (χ0v) is 8.93. The molecule has 1 heterocycles. The molecular formula is C10H21B2O. The first-order valence-corrected chi connectivity index (χ1v) is 5.86. The molecule has 1 nitrogen and oxygen atoms in total. The Balaban J connectivity index is 2.06. The molecule has 1 aliphatic heterocycles. The third-order valence-corrected chi connectivity index (χ3v) is 2.72. The van der Waals surface area contributed by atoms with Crippen molar-refractivity contribution in [3.63, 3.8) is 0 Å². The van der Waals surface area contributed by atoms with E-state index in [4.69, 9.17) is 4.65 Å². The van der Waals surface area contributed by atoms with Crippen LogP contribution in [0.3, 0.4) is 0 Å². The highest BCUT2D eigenvalue weighted by molar-refractivity contribution is 6.52. The van der Waals surface area contributed by atoms with Gasteiger partial charge in [-0.25, -0.2) is 0 Å². The third kappa shape index (κ3) is 5.41. The SMILES string of the molecule is CCCCOB1CCC[B]CCC1. The summed E-state index contributed by atoms with van der Waals surface area (Å²) in [7, 11) is 2.43. The maximum absolute atomic E-state index is 5.85. The highest BCUT2D eigenvalue weighted by Crippen LogP contribution is 2.16. The monoisotopic (exact) mass is 179 g/mol. The second kappa shape index (κ2) is 7.49. The molecule has 1 saturated heterocycles. The Morgan fingerprint density at radius 3 is 2.54 bits per heavy atom. The Labute approximate surface area is 84.0 Å². The van der Waals surface area contributed by atoms with Crippen LogP contribution in [0.15, 0.2) is 0 Å².